The third-order valence-corrected chi connectivity index (χ3v) is 2.52. The second kappa shape index (κ2) is 6.83. The lowest BCUT2D eigenvalue weighted by atomic mass is 10.0. The Morgan fingerprint density at radius 3 is 1.94 bits per heavy atom. The molecule has 0 saturated heterocycles. The van der Waals surface area contributed by atoms with Crippen LogP contribution in [0.25, 0.3) is 0 Å². The number of ether oxygens (including phenoxy) is 3. The van der Waals surface area contributed by atoms with Gasteiger partial charge in [0.05, 0.1) is 27.8 Å². The monoisotopic (exact) mass is 261 g/mol. The molecule has 0 aliphatic carbocycles. The van der Waals surface area contributed by atoms with Crippen LogP contribution in [-0.4, -0.2) is 56.3 Å². The second-order valence-electron chi connectivity index (χ2n) is 4.00. The Balaban J connectivity index is 4.94. The van der Waals surface area contributed by atoms with Gasteiger partial charge >= 0.3 is 18.0 Å². The van der Waals surface area contributed by atoms with Gasteiger partial charge in [0.2, 0.25) is 0 Å². The van der Waals surface area contributed by atoms with E-state index in [2.05, 4.69) is 14.2 Å². The Bertz CT molecular complexity index is 325. The summed E-state index contributed by atoms with van der Waals surface area (Å²) in [5.74, 6) is -1.08. The van der Waals surface area contributed by atoms with Gasteiger partial charge < -0.3 is 14.2 Å². The number of amides is 1. The van der Waals surface area contributed by atoms with E-state index in [1.54, 1.807) is 0 Å². The molecule has 0 aromatic heterocycles. The second-order valence-corrected chi connectivity index (χ2v) is 4.00. The molecule has 0 rings (SSSR count). The van der Waals surface area contributed by atoms with Crippen LogP contribution in [0.1, 0.15) is 20.3 Å². The quantitative estimate of drug-likeness (QED) is 0.531. The van der Waals surface area contributed by atoms with E-state index in [0.29, 0.717) is 0 Å². The summed E-state index contributed by atoms with van der Waals surface area (Å²) in [6.07, 6.45) is -0.749. The molecule has 0 fully saturated rings. The molecule has 0 aromatic rings. The number of hydrogen-bond acceptors (Lipinski definition) is 6. The molecule has 1 amide bonds. The average molecular weight is 261 g/mol. The van der Waals surface area contributed by atoms with E-state index in [1.807, 2.05) is 0 Å². The Morgan fingerprint density at radius 2 is 1.56 bits per heavy atom. The highest BCUT2D eigenvalue weighted by Crippen LogP contribution is 2.18. The maximum atomic E-state index is 11.6. The van der Waals surface area contributed by atoms with Gasteiger partial charge in [-0.3, -0.25) is 9.69 Å². The van der Waals surface area contributed by atoms with Crippen molar-refractivity contribution in [3.63, 3.8) is 0 Å². The van der Waals surface area contributed by atoms with E-state index in [9.17, 15) is 14.4 Å². The van der Waals surface area contributed by atoms with Crippen molar-refractivity contribution >= 4 is 18.0 Å². The minimum absolute atomic E-state index is 0.00144. The maximum Gasteiger partial charge on any atom is 0.410 e. The van der Waals surface area contributed by atoms with E-state index in [0.717, 1.165) is 4.90 Å². The Labute approximate surface area is 106 Å². The summed E-state index contributed by atoms with van der Waals surface area (Å²) < 4.78 is 13.7. The number of rotatable bonds is 5. The fourth-order valence-corrected chi connectivity index (χ4v) is 1.37. The fraction of sp³-hybridized carbons (Fsp3) is 0.727. The molecule has 0 aliphatic heterocycles. The van der Waals surface area contributed by atoms with Gasteiger partial charge in [0, 0.05) is 6.54 Å². The predicted octanol–water partition coefficient (Wildman–Crippen LogP) is 0.569. The minimum atomic E-state index is -1.23. The normalized spacial score (nSPS) is 10.5. The van der Waals surface area contributed by atoms with Crippen LogP contribution in [0, 0.1) is 0 Å². The Morgan fingerprint density at radius 1 is 1.00 bits per heavy atom. The van der Waals surface area contributed by atoms with Gasteiger partial charge in [0.1, 0.15) is 5.54 Å². The van der Waals surface area contributed by atoms with Crippen molar-refractivity contribution in [2.45, 2.75) is 25.8 Å². The molecule has 0 unspecified atom stereocenters. The number of carbonyl (C=O) groups excluding carboxylic acids is 3. The molecule has 104 valence electrons. The summed E-state index contributed by atoms with van der Waals surface area (Å²) in [7, 11) is 3.66. The Kier molecular flexibility index (Phi) is 6.15. The van der Waals surface area contributed by atoms with Crippen molar-refractivity contribution in [1.29, 1.82) is 0 Å². The Hall–Kier alpha value is -1.79. The molecule has 0 aromatic carbocycles. The van der Waals surface area contributed by atoms with Crippen molar-refractivity contribution in [2.24, 2.45) is 0 Å². The number of methoxy groups -OCH3 is 3. The van der Waals surface area contributed by atoms with Gasteiger partial charge in [0.25, 0.3) is 0 Å². The van der Waals surface area contributed by atoms with Crippen molar-refractivity contribution in [1.82, 2.24) is 4.90 Å². The van der Waals surface area contributed by atoms with Crippen LogP contribution in [0.2, 0.25) is 0 Å². The molecule has 0 atom stereocenters. The SMILES string of the molecule is COC(=O)CCN(C(=O)OC)C(C)(C)C(=O)OC. The van der Waals surface area contributed by atoms with Gasteiger partial charge in [-0.25, -0.2) is 9.59 Å². The third-order valence-electron chi connectivity index (χ3n) is 2.52. The predicted molar refractivity (Wildman–Crippen MR) is 61.8 cm³/mol. The average Bonchev–Trinajstić information content (AvgIpc) is 2.36. The topological polar surface area (TPSA) is 82.1 Å². The zero-order chi connectivity index (χ0) is 14.3. The molecule has 0 bridgehead atoms. The molecule has 7 nitrogen and oxygen atoms in total. The zero-order valence-electron chi connectivity index (χ0n) is 11.3. The van der Waals surface area contributed by atoms with Gasteiger partial charge in [-0.05, 0) is 13.8 Å². The summed E-state index contributed by atoms with van der Waals surface area (Å²) in [6, 6.07) is 0. The van der Waals surface area contributed by atoms with E-state index in [4.69, 9.17) is 0 Å². The molecule has 0 radical (unpaired) electrons. The smallest absolute Gasteiger partial charge is 0.410 e. The largest absolute Gasteiger partial charge is 0.469 e. The molecule has 0 N–H and O–H groups in total. The first-order valence-corrected chi connectivity index (χ1v) is 5.32. The van der Waals surface area contributed by atoms with Gasteiger partial charge in [-0.1, -0.05) is 0 Å². The maximum absolute atomic E-state index is 11.6. The van der Waals surface area contributed by atoms with E-state index in [-0.39, 0.29) is 13.0 Å². The number of nitrogens with zero attached hydrogens (tertiary/aromatic N) is 1. The summed E-state index contributed by atoms with van der Waals surface area (Å²) in [6.45, 7) is 3.02. The molecule has 0 aliphatic rings. The van der Waals surface area contributed by atoms with E-state index >= 15 is 0 Å². The third kappa shape index (κ3) is 3.90. The molecular formula is C11H19NO6. The van der Waals surface area contributed by atoms with Crippen LogP contribution in [0.15, 0.2) is 0 Å². The highest BCUT2D eigenvalue weighted by molar-refractivity contribution is 5.85. The number of carbonyl (C=O) groups is 3. The van der Waals surface area contributed by atoms with E-state index < -0.39 is 23.6 Å². The van der Waals surface area contributed by atoms with Crippen LogP contribution >= 0.6 is 0 Å². The molecule has 0 heterocycles. The first kappa shape index (κ1) is 16.2. The van der Waals surface area contributed by atoms with Crippen LogP contribution in [0.5, 0.6) is 0 Å². The summed E-state index contributed by atoms with van der Waals surface area (Å²) in [4.78, 5) is 35.4. The summed E-state index contributed by atoms with van der Waals surface area (Å²) in [5, 5.41) is 0. The fourth-order valence-electron chi connectivity index (χ4n) is 1.37. The van der Waals surface area contributed by atoms with Gasteiger partial charge in [0.15, 0.2) is 0 Å². The first-order chi connectivity index (χ1) is 8.31. The molecule has 0 spiro atoms. The highest BCUT2D eigenvalue weighted by atomic mass is 16.6. The minimum Gasteiger partial charge on any atom is -0.469 e. The van der Waals surface area contributed by atoms with E-state index in [1.165, 1.54) is 35.2 Å². The van der Waals surface area contributed by atoms with Crippen LogP contribution in [0.4, 0.5) is 4.79 Å². The standard InChI is InChI=1S/C11H19NO6/c1-11(2,9(14)17-4)12(10(15)18-5)7-6-8(13)16-3/h6-7H2,1-5H3. The van der Waals surface area contributed by atoms with Crippen LogP contribution in [-0.2, 0) is 23.8 Å². The number of esters is 2. The number of hydrogen-bond donors (Lipinski definition) is 0. The molecule has 7 heteroatoms. The lowest BCUT2D eigenvalue weighted by molar-refractivity contribution is -0.153. The van der Waals surface area contributed by atoms with Crippen molar-refractivity contribution < 1.29 is 28.6 Å². The summed E-state index contributed by atoms with van der Waals surface area (Å²) >= 11 is 0. The first-order valence-electron chi connectivity index (χ1n) is 5.32. The van der Waals surface area contributed by atoms with Crippen molar-refractivity contribution in [2.75, 3.05) is 27.9 Å². The molecular weight excluding hydrogens is 242 g/mol. The zero-order valence-corrected chi connectivity index (χ0v) is 11.3. The van der Waals surface area contributed by atoms with Crippen LogP contribution < -0.4 is 0 Å². The molecule has 18 heavy (non-hydrogen) atoms. The highest BCUT2D eigenvalue weighted by Gasteiger charge is 2.39. The van der Waals surface area contributed by atoms with Crippen molar-refractivity contribution in [3.05, 3.63) is 0 Å². The van der Waals surface area contributed by atoms with Crippen LogP contribution in [0.3, 0.4) is 0 Å². The van der Waals surface area contributed by atoms with Crippen molar-refractivity contribution in [3.8, 4) is 0 Å². The molecule has 0 saturated carbocycles. The lowest BCUT2D eigenvalue weighted by Crippen LogP contribution is -2.54. The summed E-state index contributed by atoms with van der Waals surface area (Å²) in [5.41, 5.74) is -1.23. The van der Waals surface area contributed by atoms with Gasteiger partial charge in [-0.2, -0.15) is 0 Å². The van der Waals surface area contributed by atoms with Gasteiger partial charge in [-0.15, -0.1) is 0 Å². The lowest BCUT2D eigenvalue weighted by Gasteiger charge is -2.34.